The molecule has 1 aromatic rings. The van der Waals surface area contributed by atoms with Gasteiger partial charge < -0.3 is 9.47 Å². The number of benzene rings is 1. The van der Waals surface area contributed by atoms with Crippen molar-refractivity contribution in [1.82, 2.24) is 0 Å². The first kappa shape index (κ1) is 15.5. The summed E-state index contributed by atoms with van der Waals surface area (Å²) in [7, 11) is 0. The molecule has 0 N–H and O–H groups in total. The molecule has 106 valence electrons. The molecule has 0 atom stereocenters. The molecule has 0 amide bonds. The highest BCUT2D eigenvalue weighted by Gasteiger charge is 2.14. The summed E-state index contributed by atoms with van der Waals surface area (Å²) in [4.78, 5) is 11.7. The first-order valence-electron chi connectivity index (χ1n) is 6.89. The molecule has 19 heavy (non-hydrogen) atoms. The lowest BCUT2D eigenvalue weighted by atomic mass is 9.99. The number of rotatable bonds is 6. The quantitative estimate of drug-likeness (QED) is 0.728. The lowest BCUT2D eigenvalue weighted by molar-refractivity contribution is 0.0526. The molecule has 0 aliphatic heterocycles. The summed E-state index contributed by atoms with van der Waals surface area (Å²) in [5.41, 5.74) is 1.63. The fourth-order valence-corrected chi connectivity index (χ4v) is 1.73. The summed E-state index contributed by atoms with van der Waals surface area (Å²) in [5, 5.41) is 0. The Hall–Kier alpha value is -1.51. The third kappa shape index (κ3) is 4.58. The Labute approximate surface area is 115 Å². The van der Waals surface area contributed by atoms with E-state index in [-0.39, 0.29) is 5.97 Å². The SMILES string of the molecule is CCOC(=O)c1ccc(OCC(C)C)c(C(C)C)c1. The molecule has 3 heteroatoms. The van der Waals surface area contributed by atoms with Crippen LogP contribution in [0.3, 0.4) is 0 Å². The molecule has 1 aromatic carbocycles. The number of carbonyl (C=O) groups is 1. The molecule has 1 rings (SSSR count). The van der Waals surface area contributed by atoms with Gasteiger partial charge in [0.25, 0.3) is 0 Å². The zero-order valence-electron chi connectivity index (χ0n) is 12.5. The monoisotopic (exact) mass is 264 g/mol. The fourth-order valence-electron chi connectivity index (χ4n) is 1.73. The van der Waals surface area contributed by atoms with Gasteiger partial charge in [-0.2, -0.15) is 0 Å². The van der Waals surface area contributed by atoms with Crippen LogP contribution in [0.1, 0.15) is 56.5 Å². The zero-order valence-corrected chi connectivity index (χ0v) is 12.5. The Morgan fingerprint density at radius 2 is 1.89 bits per heavy atom. The highest BCUT2D eigenvalue weighted by atomic mass is 16.5. The predicted molar refractivity (Wildman–Crippen MR) is 76.8 cm³/mol. The summed E-state index contributed by atoms with van der Waals surface area (Å²) in [6.07, 6.45) is 0. The number of ether oxygens (including phenoxy) is 2. The van der Waals surface area contributed by atoms with E-state index in [4.69, 9.17) is 9.47 Å². The number of hydrogen-bond acceptors (Lipinski definition) is 3. The third-order valence-corrected chi connectivity index (χ3v) is 2.72. The predicted octanol–water partition coefficient (Wildman–Crippen LogP) is 4.02. The van der Waals surface area contributed by atoms with Crippen LogP contribution in [0.15, 0.2) is 18.2 Å². The van der Waals surface area contributed by atoms with E-state index in [9.17, 15) is 4.79 Å². The summed E-state index contributed by atoms with van der Waals surface area (Å²) >= 11 is 0. The molecule has 0 aliphatic rings. The van der Waals surface area contributed by atoms with Crippen molar-refractivity contribution in [2.75, 3.05) is 13.2 Å². The average Bonchev–Trinajstić information content (AvgIpc) is 2.36. The van der Waals surface area contributed by atoms with Crippen LogP contribution in [0.4, 0.5) is 0 Å². The van der Waals surface area contributed by atoms with Gasteiger partial charge in [0.1, 0.15) is 5.75 Å². The normalized spacial score (nSPS) is 10.9. The number of carbonyl (C=O) groups excluding carboxylic acids is 1. The van der Waals surface area contributed by atoms with Crippen molar-refractivity contribution in [2.45, 2.75) is 40.5 Å². The van der Waals surface area contributed by atoms with Gasteiger partial charge in [-0.15, -0.1) is 0 Å². The van der Waals surface area contributed by atoms with Gasteiger partial charge in [-0.25, -0.2) is 4.79 Å². The van der Waals surface area contributed by atoms with Crippen molar-refractivity contribution in [1.29, 1.82) is 0 Å². The van der Waals surface area contributed by atoms with E-state index < -0.39 is 0 Å². The molecule has 0 spiro atoms. The molecular formula is C16H24O3. The second kappa shape index (κ2) is 7.17. The van der Waals surface area contributed by atoms with Crippen LogP contribution in [-0.2, 0) is 4.74 Å². The highest BCUT2D eigenvalue weighted by molar-refractivity contribution is 5.89. The van der Waals surface area contributed by atoms with E-state index in [1.165, 1.54) is 0 Å². The summed E-state index contributed by atoms with van der Waals surface area (Å²) in [6.45, 7) is 11.3. The minimum absolute atomic E-state index is 0.278. The summed E-state index contributed by atoms with van der Waals surface area (Å²) < 4.78 is 10.8. The lowest BCUT2D eigenvalue weighted by Crippen LogP contribution is -2.09. The Morgan fingerprint density at radius 1 is 1.21 bits per heavy atom. The smallest absolute Gasteiger partial charge is 0.338 e. The topological polar surface area (TPSA) is 35.5 Å². The van der Waals surface area contributed by atoms with Crippen molar-refractivity contribution in [2.24, 2.45) is 5.92 Å². The minimum atomic E-state index is -0.278. The number of esters is 1. The van der Waals surface area contributed by atoms with Crippen molar-refractivity contribution >= 4 is 5.97 Å². The van der Waals surface area contributed by atoms with Crippen LogP contribution < -0.4 is 4.74 Å². The Balaban J connectivity index is 2.97. The highest BCUT2D eigenvalue weighted by Crippen LogP contribution is 2.28. The van der Waals surface area contributed by atoms with Gasteiger partial charge in [-0.3, -0.25) is 0 Å². The molecule has 0 aliphatic carbocycles. The molecular weight excluding hydrogens is 240 g/mol. The fraction of sp³-hybridized carbons (Fsp3) is 0.562. The first-order valence-corrected chi connectivity index (χ1v) is 6.89. The molecule has 0 unspecified atom stereocenters. The van der Waals surface area contributed by atoms with E-state index in [1.807, 2.05) is 12.1 Å². The molecule has 0 saturated carbocycles. The second-order valence-electron chi connectivity index (χ2n) is 5.33. The van der Waals surface area contributed by atoms with E-state index in [0.717, 1.165) is 11.3 Å². The maximum absolute atomic E-state index is 11.7. The Bertz CT molecular complexity index is 422. The standard InChI is InChI=1S/C16H24O3/c1-6-18-16(17)13-7-8-15(19-10-11(2)3)14(9-13)12(4)5/h7-9,11-12H,6,10H2,1-5H3. The molecule has 0 saturated heterocycles. The average molecular weight is 264 g/mol. The van der Waals surface area contributed by atoms with Crippen LogP contribution in [0, 0.1) is 5.92 Å². The van der Waals surface area contributed by atoms with Gasteiger partial charge in [-0.05, 0) is 42.5 Å². The van der Waals surface area contributed by atoms with Crippen LogP contribution in [0.5, 0.6) is 5.75 Å². The van der Waals surface area contributed by atoms with E-state index >= 15 is 0 Å². The maximum Gasteiger partial charge on any atom is 0.338 e. The van der Waals surface area contributed by atoms with Crippen LogP contribution >= 0.6 is 0 Å². The first-order chi connectivity index (χ1) is 8.95. The lowest BCUT2D eigenvalue weighted by Gasteiger charge is -2.16. The largest absolute Gasteiger partial charge is 0.493 e. The van der Waals surface area contributed by atoms with Crippen molar-refractivity contribution < 1.29 is 14.3 Å². The molecule has 0 fully saturated rings. The van der Waals surface area contributed by atoms with Gasteiger partial charge in [0.05, 0.1) is 18.8 Å². The van der Waals surface area contributed by atoms with Crippen LogP contribution in [0.2, 0.25) is 0 Å². The van der Waals surface area contributed by atoms with Crippen molar-refractivity contribution in [3.8, 4) is 5.75 Å². The van der Waals surface area contributed by atoms with Crippen molar-refractivity contribution in [3.63, 3.8) is 0 Å². The number of hydrogen-bond donors (Lipinski definition) is 0. The summed E-state index contributed by atoms with van der Waals surface area (Å²) in [5.74, 6) is 1.36. The van der Waals surface area contributed by atoms with Gasteiger partial charge in [0.2, 0.25) is 0 Å². The molecule has 0 radical (unpaired) electrons. The zero-order chi connectivity index (χ0) is 14.4. The van der Waals surface area contributed by atoms with Gasteiger partial charge in [0, 0.05) is 0 Å². The van der Waals surface area contributed by atoms with Gasteiger partial charge in [0.15, 0.2) is 0 Å². The molecule has 0 bridgehead atoms. The van der Waals surface area contributed by atoms with E-state index in [2.05, 4.69) is 27.7 Å². The maximum atomic E-state index is 11.7. The summed E-state index contributed by atoms with van der Waals surface area (Å²) in [6, 6.07) is 5.50. The second-order valence-corrected chi connectivity index (χ2v) is 5.33. The van der Waals surface area contributed by atoms with E-state index in [1.54, 1.807) is 13.0 Å². The van der Waals surface area contributed by atoms with Gasteiger partial charge in [-0.1, -0.05) is 27.7 Å². The Morgan fingerprint density at radius 3 is 2.42 bits per heavy atom. The molecule has 3 nitrogen and oxygen atoms in total. The minimum Gasteiger partial charge on any atom is -0.493 e. The van der Waals surface area contributed by atoms with E-state index in [0.29, 0.717) is 30.6 Å². The van der Waals surface area contributed by atoms with Crippen LogP contribution in [0.25, 0.3) is 0 Å². The molecule has 0 heterocycles. The Kier molecular flexibility index (Phi) is 5.87. The van der Waals surface area contributed by atoms with Crippen LogP contribution in [-0.4, -0.2) is 19.2 Å². The molecule has 0 aromatic heterocycles. The third-order valence-electron chi connectivity index (χ3n) is 2.72. The van der Waals surface area contributed by atoms with Crippen molar-refractivity contribution in [3.05, 3.63) is 29.3 Å². The van der Waals surface area contributed by atoms with Gasteiger partial charge >= 0.3 is 5.97 Å².